The van der Waals surface area contributed by atoms with Crippen molar-refractivity contribution in [1.29, 1.82) is 0 Å². The highest BCUT2D eigenvalue weighted by Crippen LogP contribution is 2.26. The van der Waals surface area contributed by atoms with Gasteiger partial charge in [0.15, 0.2) is 30.1 Å². The van der Waals surface area contributed by atoms with Gasteiger partial charge in [-0.3, -0.25) is 0 Å². The molecule has 0 fully saturated rings. The SMILES string of the molecule is c1cc2c3c(c1)ccc[n+]3CC[n+]1cccc3cccc(c31)OCOc1cccc3ccc[n+](c13)CN2. The van der Waals surface area contributed by atoms with Crippen molar-refractivity contribution in [2.45, 2.75) is 19.8 Å². The van der Waals surface area contributed by atoms with E-state index in [1.165, 1.54) is 10.9 Å². The molecular formula is C31H27N4O2+3. The number of hydrogen-bond donors (Lipinski definition) is 1. The summed E-state index contributed by atoms with van der Waals surface area (Å²) in [5.74, 6) is 1.59. The molecule has 0 amide bonds. The zero-order chi connectivity index (χ0) is 24.6. The van der Waals surface area contributed by atoms with Crippen LogP contribution in [0, 0.1) is 0 Å². The van der Waals surface area contributed by atoms with Crippen molar-refractivity contribution in [2.24, 2.45) is 0 Å². The van der Waals surface area contributed by atoms with Gasteiger partial charge >= 0.3 is 0 Å². The van der Waals surface area contributed by atoms with Crippen LogP contribution in [0.25, 0.3) is 32.7 Å². The molecule has 0 saturated heterocycles. The summed E-state index contributed by atoms with van der Waals surface area (Å²) in [5.41, 5.74) is 4.37. The molecule has 0 aliphatic carbocycles. The van der Waals surface area contributed by atoms with E-state index in [2.05, 4.69) is 104 Å². The second kappa shape index (κ2) is 9.06. The summed E-state index contributed by atoms with van der Waals surface area (Å²) < 4.78 is 19.3. The van der Waals surface area contributed by atoms with Crippen LogP contribution in [0.1, 0.15) is 0 Å². The van der Waals surface area contributed by atoms with Crippen molar-refractivity contribution in [3.8, 4) is 11.5 Å². The molecule has 3 aromatic carbocycles. The molecule has 0 saturated carbocycles. The van der Waals surface area contributed by atoms with E-state index in [1.807, 2.05) is 24.3 Å². The number of aryl methyl sites for hydroxylation is 2. The van der Waals surface area contributed by atoms with E-state index in [9.17, 15) is 0 Å². The maximum Gasteiger partial charge on any atom is 0.256 e. The summed E-state index contributed by atoms with van der Waals surface area (Å²) in [7, 11) is 0. The summed E-state index contributed by atoms with van der Waals surface area (Å²) in [4.78, 5) is 0. The third-order valence-corrected chi connectivity index (χ3v) is 7.07. The lowest BCUT2D eigenvalue weighted by atomic mass is 10.1. The molecular weight excluding hydrogens is 460 g/mol. The van der Waals surface area contributed by atoms with Gasteiger partial charge in [-0.1, -0.05) is 18.2 Å². The number of benzene rings is 3. The minimum atomic E-state index is 0.117. The van der Waals surface area contributed by atoms with E-state index in [0.29, 0.717) is 6.67 Å². The van der Waals surface area contributed by atoms with Gasteiger partial charge in [-0.15, -0.1) is 0 Å². The predicted molar refractivity (Wildman–Crippen MR) is 142 cm³/mol. The van der Waals surface area contributed by atoms with Gasteiger partial charge in [-0.2, -0.15) is 13.7 Å². The van der Waals surface area contributed by atoms with Gasteiger partial charge in [0, 0.05) is 23.6 Å². The minimum Gasteiger partial charge on any atom is -0.450 e. The first-order valence-corrected chi connectivity index (χ1v) is 12.6. The Morgan fingerprint density at radius 2 is 1.00 bits per heavy atom. The van der Waals surface area contributed by atoms with Crippen molar-refractivity contribution in [2.75, 3.05) is 12.1 Å². The quantitative estimate of drug-likeness (QED) is 0.321. The number of rotatable bonds is 0. The zero-order valence-corrected chi connectivity index (χ0v) is 20.4. The molecule has 37 heavy (non-hydrogen) atoms. The largest absolute Gasteiger partial charge is 0.450 e. The minimum absolute atomic E-state index is 0.117. The van der Waals surface area contributed by atoms with Gasteiger partial charge in [0.2, 0.25) is 32.1 Å². The average Bonchev–Trinajstić information content (AvgIpc) is 2.94. The van der Waals surface area contributed by atoms with Crippen LogP contribution < -0.4 is 28.5 Å². The molecule has 7 rings (SSSR count). The molecule has 6 aromatic rings. The summed E-state index contributed by atoms with van der Waals surface area (Å²) in [6, 6.07) is 31.4. The molecule has 1 aliphatic heterocycles. The van der Waals surface area contributed by atoms with Crippen LogP contribution >= 0.6 is 0 Å². The van der Waals surface area contributed by atoms with Gasteiger partial charge in [0.25, 0.3) is 11.0 Å². The molecule has 4 heterocycles. The van der Waals surface area contributed by atoms with Crippen molar-refractivity contribution in [1.82, 2.24) is 0 Å². The second-order valence-electron chi connectivity index (χ2n) is 9.25. The van der Waals surface area contributed by atoms with Gasteiger partial charge in [0.05, 0.1) is 10.8 Å². The normalized spacial score (nSPS) is 13.6. The molecule has 1 aliphatic rings. The Balaban J connectivity index is 1.42. The van der Waals surface area contributed by atoms with E-state index in [4.69, 9.17) is 9.47 Å². The monoisotopic (exact) mass is 487 g/mol. The predicted octanol–water partition coefficient (Wildman–Crippen LogP) is 4.51. The summed E-state index contributed by atoms with van der Waals surface area (Å²) in [5, 5.41) is 7.14. The van der Waals surface area contributed by atoms with Gasteiger partial charge < -0.3 is 14.8 Å². The van der Waals surface area contributed by atoms with Crippen LogP contribution in [0.3, 0.4) is 0 Å². The number of hydrogen-bond acceptors (Lipinski definition) is 3. The van der Waals surface area contributed by atoms with Crippen molar-refractivity contribution < 1.29 is 23.2 Å². The van der Waals surface area contributed by atoms with Crippen molar-refractivity contribution in [3.05, 3.63) is 110 Å². The fourth-order valence-electron chi connectivity index (χ4n) is 5.38. The smallest absolute Gasteiger partial charge is 0.256 e. The molecule has 3 aromatic heterocycles. The fourth-order valence-corrected chi connectivity index (χ4v) is 5.38. The number of nitrogens with zero attached hydrogens (tertiary/aromatic N) is 3. The average molecular weight is 488 g/mol. The van der Waals surface area contributed by atoms with Crippen molar-refractivity contribution in [3.63, 3.8) is 0 Å². The number of pyridine rings is 3. The first-order chi connectivity index (χ1) is 18.3. The molecule has 0 unspecified atom stereocenters. The van der Waals surface area contributed by atoms with Gasteiger partial charge in [-0.25, -0.2) is 0 Å². The summed E-state index contributed by atoms with van der Waals surface area (Å²) >= 11 is 0. The van der Waals surface area contributed by atoms with Crippen LogP contribution in [0.2, 0.25) is 0 Å². The molecule has 180 valence electrons. The summed E-state index contributed by atoms with van der Waals surface area (Å²) in [6.07, 6.45) is 6.37. The zero-order valence-electron chi connectivity index (χ0n) is 20.4. The topological polar surface area (TPSA) is 42.1 Å². The maximum atomic E-state index is 6.25. The van der Waals surface area contributed by atoms with Crippen LogP contribution in [-0.2, 0) is 19.8 Å². The summed E-state index contributed by atoms with van der Waals surface area (Å²) in [6.45, 7) is 2.33. The van der Waals surface area contributed by atoms with Crippen molar-refractivity contribution >= 4 is 38.4 Å². The lowest BCUT2D eigenvalue weighted by molar-refractivity contribution is -0.754. The highest BCUT2D eigenvalue weighted by Gasteiger charge is 2.21. The maximum absolute atomic E-state index is 6.25. The van der Waals surface area contributed by atoms with E-state index in [1.54, 1.807) is 0 Å². The Morgan fingerprint density at radius 1 is 0.514 bits per heavy atom. The Labute approximate surface area is 214 Å². The molecule has 6 nitrogen and oxygen atoms in total. The molecule has 1 N–H and O–H groups in total. The van der Waals surface area contributed by atoms with Gasteiger partial charge in [-0.05, 0) is 54.6 Å². The lowest BCUT2D eigenvalue weighted by Gasteiger charge is -2.13. The Bertz CT molecular complexity index is 1650. The number of ether oxygens (including phenoxy) is 2. The second-order valence-corrected chi connectivity index (χ2v) is 9.25. The van der Waals surface area contributed by atoms with E-state index in [-0.39, 0.29) is 6.79 Å². The number of anilines is 1. The molecule has 0 atom stereocenters. The third-order valence-electron chi connectivity index (χ3n) is 7.07. The lowest BCUT2D eigenvalue weighted by Crippen LogP contribution is -2.45. The van der Waals surface area contributed by atoms with Gasteiger partial charge in [0.1, 0.15) is 5.69 Å². The number of aromatic nitrogens is 3. The van der Waals surface area contributed by atoms with Crippen LogP contribution in [-0.4, -0.2) is 6.79 Å². The van der Waals surface area contributed by atoms with Crippen LogP contribution in [0.5, 0.6) is 11.5 Å². The van der Waals surface area contributed by atoms with Crippen LogP contribution in [0.15, 0.2) is 110 Å². The molecule has 0 spiro atoms. The first-order valence-electron chi connectivity index (χ1n) is 12.6. The van der Waals surface area contributed by atoms with Crippen LogP contribution in [0.4, 0.5) is 5.69 Å². The molecule has 6 heteroatoms. The Kier molecular flexibility index (Phi) is 5.28. The highest BCUT2D eigenvalue weighted by molar-refractivity contribution is 5.87. The number of para-hydroxylation sites is 3. The highest BCUT2D eigenvalue weighted by atomic mass is 16.7. The Hall–Kier alpha value is -4.71. The van der Waals surface area contributed by atoms with E-state index >= 15 is 0 Å². The van der Waals surface area contributed by atoms with E-state index < -0.39 is 0 Å². The third kappa shape index (κ3) is 3.87. The fraction of sp³-hybridized carbons (Fsp3) is 0.129. The molecule has 0 radical (unpaired) electrons. The number of nitrogens with one attached hydrogen (secondary N) is 1. The van der Waals surface area contributed by atoms with E-state index in [0.717, 1.165) is 52.1 Å². The standard InChI is InChI=1S/C31H27N4O2/c1-7-23-10-4-16-33-19-20-34-17-5-11-24-8-2-14-27(30(24)34)36-22-37-28-15-3-9-25-12-6-18-35(31(25)28)21-32-26(13-1)29(23)33/h1-18,32H,19-22H2/q+3. The molecule has 0 bridgehead atoms. The Morgan fingerprint density at radius 3 is 1.65 bits per heavy atom. The first kappa shape index (κ1) is 21.6.